The number of hydrogen-bond acceptors (Lipinski definition) is 4. The Bertz CT molecular complexity index is 1020. The molecule has 1 saturated heterocycles. The van der Waals surface area contributed by atoms with Gasteiger partial charge in [0.2, 0.25) is 0 Å². The van der Waals surface area contributed by atoms with Gasteiger partial charge in [-0.3, -0.25) is 9.36 Å². The molecule has 29 heavy (non-hydrogen) atoms. The van der Waals surface area contributed by atoms with E-state index in [0.717, 1.165) is 48.6 Å². The highest BCUT2D eigenvalue weighted by atomic mass is 16.5. The van der Waals surface area contributed by atoms with Crippen LogP contribution in [0.5, 0.6) is 11.5 Å². The van der Waals surface area contributed by atoms with E-state index in [2.05, 4.69) is 11.1 Å². The quantitative estimate of drug-likeness (QED) is 0.679. The van der Waals surface area contributed by atoms with Crippen molar-refractivity contribution in [3.8, 4) is 17.2 Å². The lowest BCUT2D eigenvalue weighted by Gasteiger charge is -2.26. The van der Waals surface area contributed by atoms with Crippen molar-refractivity contribution in [2.75, 3.05) is 19.8 Å². The third-order valence-corrected chi connectivity index (χ3v) is 5.56. The summed E-state index contributed by atoms with van der Waals surface area (Å²) in [4.78, 5) is 19.6. The molecule has 0 spiro atoms. The van der Waals surface area contributed by atoms with E-state index in [4.69, 9.17) is 9.47 Å². The van der Waals surface area contributed by atoms with Crippen LogP contribution in [0.2, 0.25) is 0 Å². The molecule has 0 radical (unpaired) electrons. The summed E-state index contributed by atoms with van der Waals surface area (Å²) in [6.45, 7) is 2.06. The highest BCUT2D eigenvalue weighted by Crippen LogP contribution is 2.38. The zero-order valence-corrected chi connectivity index (χ0v) is 16.2. The van der Waals surface area contributed by atoms with Crippen molar-refractivity contribution in [2.45, 2.75) is 25.3 Å². The van der Waals surface area contributed by atoms with E-state index in [1.54, 1.807) is 12.5 Å². The third-order valence-electron chi connectivity index (χ3n) is 5.56. The van der Waals surface area contributed by atoms with Gasteiger partial charge in [-0.1, -0.05) is 24.3 Å². The van der Waals surface area contributed by atoms with Crippen molar-refractivity contribution in [3.63, 3.8) is 0 Å². The van der Waals surface area contributed by atoms with E-state index in [9.17, 15) is 4.79 Å². The predicted octanol–water partition coefficient (Wildman–Crippen LogP) is 4.01. The number of carbonyl (C=O) groups excluding carboxylic acids is 1. The first-order valence-electron chi connectivity index (χ1n) is 10.1. The summed E-state index contributed by atoms with van der Waals surface area (Å²) >= 11 is 0. The Kier molecular flexibility index (Phi) is 4.68. The minimum Gasteiger partial charge on any atom is -0.490 e. The zero-order valence-electron chi connectivity index (χ0n) is 16.2. The number of hydrogen-bond donors (Lipinski definition) is 0. The van der Waals surface area contributed by atoms with Crippen LogP contribution < -0.4 is 9.47 Å². The van der Waals surface area contributed by atoms with Gasteiger partial charge in [-0.05, 0) is 42.7 Å². The summed E-state index contributed by atoms with van der Waals surface area (Å²) in [5.41, 5.74) is 2.60. The van der Waals surface area contributed by atoms with Gasteiger partial charge in [0.1, 0.15) is 5.69 Å². The minimum absolute atomic E-state index is 0.000893. The topological polar surface area (TPSA) is 56.6 Å². The zero-order chi connectivity index (χ0) is 19.6. The SMILES string of the molecule is O=C(c1cncn1-c1ccccc1)N1CCC[C@H]1c1ccc2c(c1)OCCCO2. The maximum absolute atomic E-state index is 13.4. The molecule has 2 aliphatic heterocycles. The van der Waals surface area contributed by atoms with Crippen molar-refractivity contribution in [3.05, 3.63) is 72.3 Å². The summed E-state index contributed by atoms with van der Waals surface area (Å²) in [6.07, 6.45) is 6.14. The molecule has 1 amide bonds. The Hall–Kier alpha value is -3.28. The van der Waals surface area contributed by atoms with E-state index in [1.165, 1.54) is 0 Å². The monoisotopic (exact) mass is 389 g/mol. The number of aromatic nitrogens is 2. The van der Waals surface area contributed by atoms with Crippen LogP contribution in [0.3, 0.4) is 0 Å². The van der Waals surface area contributed by atoms with Crippen molar-refractivity contribution in [1.29, 1.82) is 0 Å². The smallest absolute Gasteiger partial charge is 0.273 e. The number of rotatable bonds is 3. The van der Waals surface area contributed by atoms with Crippen molar-refractivity contribution < 1.29 is 14.3 Å². The molecular weight excluding hydrogens is 366 g/mol. The maximum Gasteiger partial charge on any atom is 0.273 e. The summed E-state index contributed by atoms with van der Waals surface area (Å²) in [6, 6.07) is 15.9. The third kappa shape index (κ3) is 3.35. The highest BCUT2D eigenvalue weighted by Gasteiger charge is 2.33. The average Bonchev–Trinajstić information content (AvgIpc) is 3.39. The molecule has 1 fully saturated rings. The molecule has 0 bridgehead atoms. The normalized spacial score (nSPS) is 18.5. The highest BCUT2D eigenvalue weighted by molar-refractivity contribution is 5.93. The molecule has 0 N–H and O–H groups in total. The van der Waals surface area contributed by atoms with Crippen LogP contribution in [0.15, 0.2) is 61.1 Å². The van der Waals surface area contributed by atoms with Gasteiger partial charge in [0.05, 0.1) is 31.8 Å². The molecule has 3 aromatic rings. The van der Waals surface area contributed by atoms with Crippen LogP contribution >= 0.6 is 0 Å². The number of nitrogens with zero attached hydrogens (tertiary/aromatic N) is 3. The van der Waals surface area contributed by atoms with Crippen LogP contribution in [-0.2, 0) is 0 Å². The predicted molar refractivity (Wildman–Crippen MR) is 109 cm³/mol. The molecule has 5 rings (SSSR count). The van der Waals surface area contributed by atoms with Gasteiger partial charge in [-0.2, -0.15) is 0 Å². The van der Waals surface area contributed by atoms with E-state index in [0.29, 0.717) is 18.9 Å². The molecule has 0 saturated carbocycles. The number of benzene rings is 2. The first-order valence-corrected chi connectivity index (χ1v) is 10.1. The molecule has 0 unspecified atom stereocenters. The van der Waals surface area contributed by atoms with Gasteiger partial charge in [0, 0.05) is 18.7 Å². The van der Waals surface area contributed by atoms with Crippen molar-refractivity contribution >= 4 is 5.91 Å². The number of carbonyl (C=O) groups is 1. The molecule has 2 aromatic carbocycles. The van der Waals surface area contributed by atoms with E-state index < -0.39 is 0 Å². The number of imidazole rings is 1. The molecule has 3 heterocycles. The Morgan fingerprint density at radius 1 is 1.00 bits per heavy atom. The Morgan fingerprint density at radius 3 is 2.69 bits per heavy atom. The van der Waals surface area contributed by atoms with Crippen LogP contribution in [-0.4, -0.2) is 40.1 Å². The van der Waals surface area contributed by atoms with Crippen molar-refractivity contribution in [2.24, 2.45) is 0 Å². The fourth-order valence-electron chi connectivity index (χ4n) is 4.14. The first kappa shape index (κ1) is 17.8. The van der Waals surface area contributed by atoms with Gasteiger partial charge in [-0.25, -0.2) is 4.98 Å². The average molecular weight is 389 g/mol. The van der Waals surface area contributed by atoms with Crippen LogP contribution in [0.25, 0.3) is 5.69 Å². The van der Waals surface area contributed by atoms with Crippen molar-refractivity contribution in [1.82, 2.24) is 14.5 Å². The second-order valence-corrected chi connectivity index (χ2v) is 7.40. The molecule has 0 aliphatic carbocycles. The molecular formula is C23H23N3O3. The summed E-state index contributed by atoms with van der Waals surface area (Å²) in [7, 11) is 0. The summed E-state index contributed by atoms with van der Waals surface area (Å²) in [5, 5.41) is 0. The second kappa shape index (κ2) is 7.62. The van der Waals surface area contributed by atoms with Gasteiger partial charge < -0.3 is 14.4 Å². The fraction of sp³-hybridized carbons (Fsp3) is 0.304. The van der Waals surface area contributed by atoms with Gasteiger partial charge >= 0.3 is 0 Å². The maximum atomic E-state index is 13.4. The number of ether oxygens (including phenoxy) is 2. The molecule has 1 atom stereocenters. The minimum atomic E-state index is 0.000893. The number of amides is 1. The van der Waals surface area contributed by atoms with Gasteiger partial charge in [0.15, 0.2) is 11.5 Å². The Morgan fingerprint density at radius 2 is 1.83 bits per heavy atom. The van der Waals surface area contributed by atoms with Gasteiger partial charge in [-0.15, -0.1) is 0 Å². The molecule has 6 heteroatoms. The van der Waals surface area contributed by atoms with Crippen LogP contribution in [0, 0.1) is 0 Å². The summed E-state index contributed by atoms with van der Waals surface area (Å²) < 4.78 is 13.5. The Balaban J connectivity index is 1.44. The fourth-order valence-corrected chi connectivity index (χ4v) is 4.14. The van der Waals surface area contributed by atoms with E-state index >= 15 is 0 Å². The summed E-state index contributed by atoms with van der Waals surface area (Å²) in [5.74, 6) is 1.55. The standard InChI is InChI=1S/C23H23N3O3/c27-23(20-15-24-16-26(20)18-6-2-1-3-7-18)25-11-4-8-19(25)17-9-10-21-22(14-17)29-13-5-12-28-21/h1-3,6-7,9-10,14-16,19H,4-5,8,11-13H2/t19-/m0/s1. The number of likely N-dealkylation sites (tertiary alicyclic amines) is 1. The van der Waals surface area contributed by atoms with Crippen LogP contribution in [0.4, 0.5) is 0 Å². The Labute approximate surface area is 169 Å². The van der Waals surface area contributed by atoms with E-state index in [1.807, 2.05) is 51.9 Å². The first-order chi connectivity index (χ1) is 14.3. The molecule has 1 aromatic heterocycles. The number of fused-ring (bicyclic) bond motifs is 1. The lowest BCUT2D eigenvalue weighted by molar-refractivity contribution is 0.0727. The second-order valence-electron chi connectivity index (χ2n) is 7.40. The molecule has 2 aliphatic rings. The largest absolute Gasteiger partial charge is 0.490 e. The van der Waals surface area contributed by atoms with Gasteiger partial charge in [0.25, 0.3) is 5.91 Å². The lowest BCUT2D eigenvalue weighted by Crippen LogP contribution is -2.32. The lowest BCUT2D eigenvalue weighted by atomic mass is 10.0. The molecule has 6 nitrogen and oxygen atoms in total. The van der Waals surface area contributed by atoms with Crippen LogP contribution in [0.1, 0.15) is 41.4 Å². The van der Waals surface area contributed by atoms with E-state index in [-0.39, 0.29) is 11.9 Å². The molecule has 148 valence electrons. The number of para-hydroxylation sites is 1.